The van der Waals surface area contributed by atoms with Crippen LogP contribution in [0.1, 0.15) is 31.2 Å². The van der Waals surface area contributed by atoms with Crippen molar-refractivity contribution in [1.82, 2.24) is 15.2 Å². The molecule has 3 amide bonds. The quantitative estimate of drug-likeness (QED) is 0.800. The molecule has 2 aromatic rings. The molecule has 0 radical (unpaired) electrons. The molecule has 1 fully saturated rings. The maximum absolute atomic E-state index is 13.3. The lowest BCUT2D eigenvalue weighted by Gasteiger charge is -2.32. The number of piperidine rings is 1. The smallest absolute Gasteiger partial charge is 0.321 e. The highest BCUT2D eigenvalue weighted by Crippen LogP contribution is 2.22. The fourth-order valence-electron chi connectivity index (χ4n) is 3.38. The minimum Gasteiger partial charge on any atom is -0.352 e. The summed E-state index contributed by atoms with van der Waals surface area (Å²) in [5.41, 5.74) is 1.41. The lowest BCUT2D eigenvalue weighted by molar-refractivity contribution is -0.121. The van der Waals surface area contributed by atoms with E-state index in [4.69, 9.17) is 0 Å². The van der Waals surface area contributed by atoms with E-state index in [0.29, 0.717) is 31.7 Å². The van der Waals surface area contributed by atoms with Crippen LogP contribution in [-0.4, -0.2) is 34.9 Å². The Morgan fingerprint density at radius 3 is 2.93 bits per heavy atom. The lowest BCUT2D eigenvalue weighted by atomic mass is 9.93. The molecule has 0 unspecified atom stereocenters. The number of urea groups is 1. The van der Waals surface area contributed by atoms with Crippen molar-refractivity contribution in [2.75, 3.05) is 18.4 Å². The molecule has 0 bridgehead atoms. The first-order valence-corrected chi connectivity index (χ1v) is 9.57. The van der Waals surface area contributed by atoms with Crippen LogP contribution >= 0.6 is 0 Å². The maximum Gasteiger partial charge on any atom is 0.321 e. The highest BCUT2D eigenvalue weighted by Gasteiger charge is 2.24. The van der Waals surface area contributed by atoms with Crippen molar-refractivity contribution in [3.05, 3.63) is 60.2 Å². The molecule has 1 aliphatic rings. The van der Waals surface area contributed by atoms with Crippen LogP contribution in [0.15, 0.2) is 48.8 Å². The molecule has 28 heavy (non-hydrogen) atoms. The van der Waals surface area contributed by atoms with E-state index >= 15 is 0 Å². The molecule has 7 heteroatoms. The van der Waals surface area contributed by atoms with Crippen molar-refractivity contribution >= 4 is 17.6 Å². The Labute approximate surface area is 164 Å². The minimum atomic E-state index is -0.383. The van der Waals surface area contributed by atoms with E-state index in [1.54, 1.807) is 29.4 Å². The monoisotopic (exact) mass is 384 g/mol. The van der Waals surface area contributed by atoms with Crippen molar-refractivity contribution in [2.24, 2.45) is 5.92 Å². The molecule has 0 aliphatic carbocycles. The molecule has 1 aromatic heterocycles. The molecular formula is C21H25FN4O2. The summed E-state index contributed by atoms with van der Waals surface area (Å²) in [5, 5.41) is 5.64. The summed E-state index contributed by atoms with van der Waals surface area (Å²) in [6, 6.07) is 9.40. The second kappa shape index (κ2) is 9.82. The van der Waals surface area contributed by atoms with Gasteiger partial charge in [0.2, 0.25) is 5.91 Å². The minimum absolute atomic E-state index is 0.00480. The zero-order valence-corrected chi connectivity index (χ0v) is 15.7. The SMILES string of the molecule is O=C(CC[C@H]1CCCN(C(=O)Nc2cccc(F)c2)C1)NCc1cccnc1. The van der Waals surface area contributed by atoms with E-state index in [0.717, 1.165) is 24.8 Å². The second-order valence-electron chi connectivity index (χ2n) is 7.07. The number of amides is 3. The van der Waals surface area contributed by atoms with Gasteiger partial charge in [-0.2, -0.15) is 0 Å². The number of rotatable bonds is 6. The number of pyridine rings is 1. The number of nitrogens with one attached hydrogen (secondary N) is 2. The van der Waals surface area contributed by atoms with Gasteiger partial charge < -0.3 is 15.5 Å². The fraction of sp³-hybridized carbons (Fsp3) is 0.381. The van der Waals surface area contributed by atoms with E-state index in [9.17, 15) is 14.0 Å². The summed E-state index contributed by atoms with van der Waals surface area (Å²) in [7, 11) is 0. The van der Waals surface area contributed by atoms with Crippen LogP contribution in [-0.2, 0) is 11.3 Å². The Morgan fingerprint density at radius 1 is 1.25 bits per heavy atom. The molecule has 0 spiro atoms. The van der Waals surface area contributed by atoms with Gasteiger partial charge in [0, 0.05) is 44.1 Å². The standard InChI is InChI=1S/C21H25FN4O2/c22-18-6-1-7-19(12-18)25-21(28)26-11-3-5-16(15-26)8-9-20(27)24-14-17-4-2-10-23-13-17/h1-2,4,6-7,10,12-13,16H,3,5,8-9,11,14-15H2,(H,24,27)(H,25,28)/t16-/m1/s1. The van der Waals surface area contributed by atoms with E-state index in [1.807, 2.05) is 12.1 Å². The zero-order valence-electron chi connectivity index (χ0n) is 15.7. The van der Waals surface area contributed by atoms with E-state index in [-0.39, 0.29) is 23.7 Å². The van der Waals surface area contributed by atoms with Crippen LogP contribution in [0.5, 0.6) is 0 Å². The third-order valence-electron chi connectivity index (χ3n) is 4.87. The van der Waals surface area contributed by atoms with Crippen molar-refractivity contribution in [3.63, 3.8) is 0 Å². The second-order valence-corrected chi connectivity index (χ2v) is 7.07. The van der Waals surface area contributed by atoms with Crippen molar-refractivity contribution in [2.45, 2.75) is 32.2 Å². The molecule has 1 aliphatic heterocycles. The number of likely N-dealkylation sites (tertiary alicyclic amines) is 1. The van der Waals surface area contributed by atoms with Gasteiger partial charge in [0.05, 0.1) is 0 Å². The van der Waals surface area contributed by atoms with Gasteiger partial charge in [-0.1, -0.05) is 12.1 Å². The molecule has 2 heterocycles. The number of hydrogen-bond donors (Lipinski definition) is 2. The first kappa shape index (κ1) is 19.8. The van der Waals surface area contributed by atoms with Crippen LogP contribution in [0.3, 0.4) is 0 Å². The van der Waals surface area contributed by atoms with E-state index in [2.05, 4.69) is 15.6 Å². The first-order valence-electron chi connectivity index (χ1n) is 9.57. The van der Waals surface area contributed by atoms with Gasteiger partial charge in [0.1, 0.15) is 5.82 Å². The summed E-state index contributed by atoms with van der Waals surface area (Å²) in [4.78, 5) is 30.3. The van der Waals surface area contributed by atoms with Gasteiger partial charge in [-0.25, -0.2) is 9.18 Å². The van der Waals surface area contributed by atoms with E-state index < -0.39 is 0 Å². The number of nitrogens with zero attached hydrogens (tertiary/aromatic N) is 2. The largest absolute Gasteiger partial charge is 0.352 e. The van der Waals surface area contributed by atoms with Crippen molar-refractivity contribution in [3.8, 4) is 0 Å². The molecule has 3 rings (SSSR count). The first-order chi connectivity index (χ1) is 13.6. The van der Waals surface area contributed by atoms with Gasteiger partial charge in [0.25, 0.3) is 0 Å². The number of halogens is 1. The van der Waals surface area contributed by atoms with Crippen molar-refractivity contribution in [1.29, 1.82) is 0 Å². The average molecular weight is 384 g/mol. The molecule has 0 saturated carbocycles. The van der Waals surface area contributed by atoms with Gasteiger partial charge in [0.15, 0.2) is 0 Å². The molecule has 6 nitrogen and oxygen atoms in total. The summed E-state index contributed by atoms with van der Waals surface area (Å²) >= 11 is 0. The topological polar surface area (TPSA) is 74.3 Å². The van der Waals surface area contributed by atoms with Gasteiger partial charge in [-0.05, 0) is 55.0 Å². The van der Waals surface area contributed by atoms with Crippen LogP contribution in [0.4, 0.5) is 14.9 Å². The Bertz CT molecular complexity index is 800. The summed E-state index contributed by atoms with van der Waals surface area (Å²) < 4.78 is 13.3. The number of anilines is 1. The summed E-state index contributed by atoms with van der Waals surface area (Å²) in [5.74, 6) is -0.0899. The van der Waals surface area contributed by atoms with E-state index in [1.165, 1.54) is 12.1 Å². The molecule has 1 atom stereocenters. The highest BCUT2D eigenvalue weighted by molar-refractivity contribution is 5.89. The molecule has 2 N–H and O–H groups in total. The number of aromatic nitrogens is 1. The third kappa shape index (κ3) is 6.04. The predicted octanol–water partition coefficient (Wildman–Crippen LogP) is 3.56. The van der Waals surface area contributed by atoms with Gasteiger partial charge in [-0.15, -0.1) is 0 Å². The third-order valence-corrected chi connectivity index (χ3v) is 4.87. The molecule has 1 saturated heterocycles. The molecular weight excluding hydrogens is 359 g/mol. The van der Waals surface area contributed by atoms with Crippen LogP contribution in [0.2, 0.25) is 0 Å². The Kier molecular flexibility index (Phi) is 6.94. The summed E-state index contributed by atoms with van der Waals surface area (Å²) in [6.07, 6.45) is 6.51. The Morgan fingerprint density at radius 2 is 2.14 bits per heavy atom. The number of carbonyl (C=O) groups excluding carboxylic acids is 2. The van der Waals surface area contributed by atoms with Crippen molar-refractivity contribution < 1.29 is 14.0 Å². The number of hydrogen-bond acceptors (Lipinski definition) is 3. The Balaban J connectivity index is 1.41. The normalized spacial score (nSPS) is 16.5. The van der Waals surface area contributed by atoms with Gasteiger partial charge in [-0.3, -0.25) is 9.78 Å². The summed E-state index contributed by atoms with van der Waals surface area (Å²) in [6.45, 7) is 1.75. The average Bonchev–Trinajstić information content (AvgIpc) is 2.72. The maximum atomic E-state index is 13.3. The van der Waals surface area contributed by atoms with Crippen LogP contribution in [0, 0.1) is 11.7 Å². The predicted molar refractivity (Wildman–Crippen MR) is 105 cm³/mol. The molecule has 148 valence electrons. The highest BCUT2D eigenvalue weighted by atomic mass is 19.1. The zero-order chi connectivity index (χ0) is 19.8. The molecule has 1 aromatic carbocycles. The van der Waals surface area contributed by atoms with Crippen LogP contribution in [0.25, 0.3) is 0 Å². The number of carbonyl (C=O) groups is 2. The fourth-order valence-corrected chi connectivity index (χ4v) is 3.38. The van der Waals surface area contributed by atoms with Crippen LogP contribution < -0.4 is 10.6 Å². The Hall–Kier alpha value is -2.96. The number of benzene rings is 1. The van der Waals surface area contributed by atoms with Gasteiger partial charge >= 0.3 is 6.03 Å². The lowest BCUT2D eigenvalue weighted by Crippen LogP contribution is -2.42.